The highest BCUT2D eigenvalue weighted by molar-refractivity contribution is 6.51. The minimum absolute atomic E-state index is 0.0502. The van der Waals surface area contributed by atoms with Crippen molar-refractivity contribution >= 4 is 23.1 Å². The zero-order valence-electron chi connectivity index (χ0n) is 22.9. The predicted octanol–water partition coefficient (Wildman–Crippen LogP) is 6.72. The maximum Gasteiger partial charge on any atom is 0.300 e. The number of benzene rings is 3. The van der Waals surface area contributed by atoms with Crippen LogP contribution in [0.1, 0.15) is 62.4 Å². The Kier molecular flexibility index (Phi) is 7.63. The van der Waals surface area contributed by atoms with E-state index in [-0.39, 0.29) is 16.7 Å². The third-order valence-corrected chi connectivity index (χ3v) is 6.80. The SMILES string of the molecule is CCCOc1ccc(C2/C(=C(\O)c3cc(C(C)(C)C)ccc3C)C(=O)C(=O)N2c2cccc(OC)c2)cc1. The van der Waals surface area contributed by atoms with Crippen LogP contribution in [0.5, 0.6) is 11.5 Å². The van der Waals surface area contributed by atoms with E-state index in [1.165, 1.54) is 4.90 Å². The molecule has 1 heterocycles. The van der Waals surface area contributed by atoms with Crippen LogP contribution in [0.2, 0.25) is 0 Å². The molecule has 6 nitrogen and oxygen atoms in total. The van der Waals surface area contributed by atoms with E-state index in [4.69, 9.17) is 9.47 Å². The van der Waals surface area contributed by atoms with E-state index in [1.54, 1.807) is 31.4 Å². The van der Waals surface area contributed by atoms with Crippen molar-refractivity contribution in [3.05, 3.63) is 94.6 Å². The fourth-order valence-corrected chi connectivity index (χ4v) is 4.63. The largest absolute Gasteiger partial charge is 0.507 e. The monoisotopic (exact) mass is 513 g/mol. The molecule has 0 saturated carbocycles. The minimum atomic E-state index is -0.833. The predicted molar refractivity (Wildman–Crippen MR) is 150 cm³/mol. The standard InChI is InChI=1S/C32H35NO5/c1-7-17-38-24-15-12-21(13-16-24)28-27(29(34)26-18-22(32(3,4)5)14-11-20(26)2)30(35)31(36)33(28)23-9-8-10-25(19-23)37-6/h8-16,18-19,28,34H,7,17H2,1-6H3/b29-27+. The lowest BCUT2D eigenvalue weighted by Gasteiger charge is -2.26. The van der Waals surface area contributed by atoms with E-state index in [0.717, 1.165) is 17.5 Å². The summed E-state index contributed by atoms with van der Waals surface area (Å²) in [4.78, 5) is 28.5. The summed E-state index contributed by atoms with van der Waals surface area (Å²) in [6, 6.07) is 19.3. The highest BCUT2D eigenvalue weighted by Crippen LogP contribution is 2.43. The molecule has 6 heteroatoms. The summed E-state index contributed by atoms with van der Waals surface area (Å²) in [6.45, 7) is 10.8. The van der Waals surface area contributed by atoms with Gasteiger partial charge in [0.05, 0.1) is 25.3 Å². The second-order valence-corrected chi connectivity index (χ2v) is 10.6. The molecular weight excluding hydrogens is 478 g/mol. The number of hydrogen-bond acceptors (Lipinski definition) is 5. The molecule has 4 rings (SSSR count). The number of rotatable bonds is 7. The van der Waals surface area contributed by atoms with Gasteiger partial charge in [-0.1, -0.05) is 58.0 Å². The Balaban J connectivity index is 1.93. The molecule has 1 atom stereocenters. The van der Waals surface area contributed by atoms with Gasteiger partial charge in [0.25, 0.3) is 11.7 Å². The Morgan fingerprint density at radius 3 is 2.32 bits per heavy atom. The lowest BCUT2D eigenvalue weighted by molar-refractivity contribution is -0.132. The zero-order chi connectivity index (χ0) is 27.6. The van der Waals surface area contributed by atoms with Gasteiger partial charge in [0.15, 0.2) is 0 Å². The third-order valence-electron chi connectivity index (χ3n) is 6.80. The average Bonchev–Trinajstić information content (AvgIpc) is 3.17. The van der Waals surface area contributed by atoms with Crippen molar-refractivity contribution < 1.29 is 24.2 Å². The zero-order valence-corrected chi connectivity index (χ0v) is 22.9. The van der Waals surface area contributed by atoms with Crippen LogP contribution >= 0.6 is 0 Å². The van der Waals surface area contributed by atoms with Gasteiger partial charge in [0.2, 0.25) is 0 Å². The number of ether oxygens (including phenoxy) is 2. The first-order valence-electron chi connectivity index (χ1n) is 12.9. The van der Waals surface area contributed by atoms with Crippen LogP contribution in [-0.2, 0) is 15.0 Å². The first kappa shape index (κ1) is 27.0. The summed E-state index contributed by atoms with van der Waals surface area (Å²) < 4.78 is 11.1. The van der Waals surface area contributed by atoms with Gasteiger partial charge in [-0.25, -0.2) is 0 Å². The number of ketones is 1. The summed E-state index contributed by atoms with van der Waals surface area (Å²) in [6.07, 6.45) is 0.880. The number of nitrogens with zero attached hydrogens (tertiary/aromatic N) is 1. The van der Waals surface area contributed by atoms with E-state index in [9.17, 15) is 14.7 Å². The van der Waals surface area contributed by atoms with Gasteiger partial charge in [-0.2, -0.15) is 0 Å². The quantitative estimate of drug-likeness (QED) is 0.216. The average molecular weight is 514 g/mol. The molecule has 1 aliphatic heterocycles. The van der Waals surface area contributed by atoms with E-state index in [0.29, 0.717) is 34.9 Å². The molecule has 1 fully saturated rings. The van der Waals surface area contributed by atoms with Gasteiger partial charge >= 0.3 is 0 Å². The van der Waals surface area contributed by atoms with E-state index in [1.807, 2.05) is 56.3 Å². The molecule has 0 radical (unpaired) electrons. The van der Waals surface area contributed by atoms with Crippen molar-refractivity contribution in [3.8, 4) is 11.5 Å². The summed E-state index contributed by atoms with van der Waals surface area (Å²) >= 11 is 0. The molecule has 1 unspecified atom stereocenters. The maximum atomic E-state index is 13.6. The number of hydrogen-bond donors (Lipinski definition) is 1. The molecule has 0 aromatic heterocycles. The van der Waals surface area contributed by atoms with Crippen molar-refractivity contribution in [2.75, 3.05) is 18.6 Å². The number of amides is 1. The Bertz CT molecular complexity index is 1380. The van der Waals surface area contributed by atoms with Crippen LogP contribution in [0.25, 0.3) is 5.76 Å². The van der Waals surface area contributed by atoms with Crippen molar-refractivity contribution in [2.45, 2.75) is 52.5 Å². The number of aliphatic hydroxyl groups is 1. The lowest BCUT2D eigenvalue weighted by Crippen LogP contribution is -2.29. The lowest BCUT2D eigenvalue weighted by atomic mass is 9.84. The van der Waals surface area contributed by atoms with Crippen LogP contribution < -0.4 is 14.4 Å². The number of Topliss-reactive ketones (excluding diaryl/α,β-unsaturated/α-hetero) is 1. The Morgan fingerprint density at radius 2 is 1.68 bits per heavy atom. The van der Waals surface area contributed by atoms with Crippen molar-refractivity contribution in [1.29, 1.82) is 0 Å². The highest BCUT2D eigenvalue weighted by Gasteiger charge is 2.47. The molecule has 3 aromatic rings. The van der Waals surface area contributed by atoms with E-state index < -0.39 is 17.7 Å². The Morgan fingerprint density at radius 1 is 0.974 bits per heavy atom. The summed E-state index contributed by atoms with van der Waals surface area (Å²) in [5, 5.41) is 11.7. The molecule has 0 aliphatic carbocycles. The fraction of sp³-hybridized carbons (Fsp3) is 0.312. The second kappa shape index (κ2) is 10.7. The minimum Gasteiger partial charge on any atom is -0.507 e. The molecule has 38 heavy (non-hydrogen) atoms. The van der Waals surface area contributed by atoms with Crippen LogP contribution in [-0.4, -0.2) is 30.5 Å². The molecule has 1 saturated heterocycles. The molecular formula is C32H35NO5. The van der Waals surface area contributed by atoms with Crippen LogP contribution in [0, 0.1) is 6.92 Å². The van der Waals surface area contributed by atoms with Gasteiger partial charge in [0, 0.05) is 17.3 Å². The van der Waals surface area contributed by atoms with E-state index >= 15 is 0 Å². The Hall–Kier alpha value is -4.06. The van der Waals surface area contributed by atoms with Crippen molar-refractivity contribution in [2.24, 2.45) is 0 Å². The van der Waals surface area contributed by atoms with Crippen molar-refractivity contribution in [1.82, 2.24) is 0 Å². The molecule has 0 spiro atoms. The smallest absolute Gasteiger partial charge is 0.300 e. The summed E-state index contributed by atoms with van der Waals surface area (Å²) in [5.41, 5.74) is 3.43. The van der Waals surface area contributed by atoms with Gasteiger partial charge in [-0.15, -0.1) is 0 Å². The summed E-state index contributed by atoms with van der Waals surface area (Å²) in [7, 11) is 1.55. The molecule has 1 N–H and O–H groups in total. The molecule has 3 aromatic carbocycles. The number of aliphatic hydroxyl groups excluding tert-OH is 1. The van der Waals surface area contributed by atoms with E-state index in [2.05, 4.69) is 20.8 Å². The Labute approximate surface area is 224 Å². The fourth-order valence-electron chi connectivity index (χ4n) is 4.63. The van der Waals surface area contributed by atoms with Gasteiger partial charge < -0.3 is 14.6 Å². The first-order chi connectivity index (χ1) is 18.1. The van der Waals surface area contributed by atoms with Crippen LogP contribution in [0.3, 0.4) is 0 Å². The van der Waals surface area contributed by atoms with Crippen LogP contribution in [0.15, 0.2) is 72.3 Å². The second-order valence-electron chi connectivity index (χ2n) is 10.6. The molecule has 1 amide bonds. The molecule has 198 valence electrons. The normalized spacial score (nSPS) is 17.1. The van der Waals surface area contributed by atoms with Crippen molar-refractivity contribution in [3.63, 3.8) is 0 Å². The topological polar surface area (TPSA) is 76.1 Å². The number of carbonyl (C=O) groups is 2. The number of anilines is 1. The third kappa shape index (κ3) is 5.17. The highest BCUT2D eigenvalue weighted by atomic mass is 16.5. The van der Waals surface area contributed by atoms with Gasteiger partial charge in [-0.3, -0.25) is 14.5 Å². The number of methoxy groups -OCH3 is 1. The maximum absolute atomic E-state index is 13.6. The summed E-state index contributed by atoms with van der Waals surface area (Å²) in [5.74, 6) is -0.376. The van der Waals surface area contributed by atoms with Gasteiger partial charge in [0.1, 0.15) is 17.3 Å². The van der Waals surface area contributed by atoms with Gasteiger partial charge in [-0.05, 0) is 65.8 Å². The molecule has 0 bridgehead atoms. The first-order valence-corrected chi connectivity index (χ1v) is 12.9. The number of carbonyl (C=O) groups excluding carboxylic acids is 2. The molecule has 1 aliphatic rings. The number of aryl methyl sites for hydroxylation is 1. The van der Waals surface area contributed by atoms with Crippen LogP contribution in [0.4, 0.5) is 5.69 Å².